The van der Waals surface area contributed by atoms with Crippen molar-refractivity contribution in [1.82, 2.24) is 10.6 Å². The predicted octanol–water partition coefficient (Wildman–Crippen LogP) is 1.88. The van der Waals surface area contributed by atoms with Gasteiger partial charge >= 0.3 is 0 Å². The molecule has 2 N–H and O–H groups in total. The summed E-state index contributed by atoms with van der Waals surface area (Å²) in [4.78, 5) is 11.5. The Hall–Kier alpha value is -1.35. The van der Waals surface area contributed by atoms with Gasteiger partial charge in [-0.2, -0.15) is 0 Å². The fraction of sp³-hybridized carbons (Fsp3) is 0.533. The Kier molecular flexibility index (Phi) is 4.76. The maximum atomic E-state index is 11.5. The third-order valence-corrected chi connectivity index (χ3v) is 3.17. The van der Waals surface area contributed by atoms with E-state index < -0.39 is 0 Å². The van der Waals surface area contributed by atoms with E-state index >= 15 is 0 Å². The Morgan fingerprint density at radius 2 is 2.06 bits per heavy atom. The molecular formula is C15H22N2O. The number of hydrogen-bond donors (Lipinski definition) is 2. The second kappa shape index (κ2) is 6.55. The molecule has 0 heterocycles. The summed E-state index contributed by atoms with van der Waals surface area (Å²) in [6.07, 6.45) is 3.90. The summed E-state index contributed by atoms with van der Waals surface area (Å²) >= 11 is 0. The van der Waals surface area contributed by atoms with Gasteiger partial charge in [0.15, 0.2) is 0 Å². The summed E-state index contributed by atoms with van der Waals surface area (Å²) < 4.78 is 0. The molecule has 0 saturated heterocycles. The van der Waals surface area contributed by atoms with Gasteiger partial charge in [-0.3, -0.25) is 4.79 Å². The van der Waals surface area contributed by atoms with Crippen molar-refractivity contribution in [2.24, 2.45) is 0 Å². The number of hydrogen-bond acceptors (Lipinski definition) is 2. The molecule has 0 radical (unpaired) electrons. The number of carbonyl (C=O) groups excluding carboxylic acids is 1. The van der Waals surface area contributed by atoms with Crippen molar-refractivity contribution < 1.29 is 4.79 Å². The Morgan fingerprint density at radius 3 is 2.72 bits per heavy atom. The fourth-order valence-electron chi connectivity index (χ4n) is 2.00. The van der Waals surface area contributed by atoms with E-state index in [1.54, 1.807) is 0 Å². The van der Waals surface area contributed by atoms with Crippen LogP contribution in [0, 0.1) is 0 Å². The molecule has 1 atom stereocenters. The SMILES string of the molecule is CC(Cc1ccccc1)NCCC(=O)NC1CC1. The summed E-state index contributed by atoms with van der Waals surface area (Å²) in [7, 11) is 0. The zero-order chi connectivity index (χ0) is 12.8. The number of benzene rings is 1. The second-order valence-corrected chi connectivity index (χ2v) is 5.14. The molecule has 3 heteroatoms. The van der Waals surface area contributed by atoms with Gasteiger partial charge in [-0.25, -0.2) is 0 Å². The first-order chi connectivity index (χ1) is 8.74. The third kappa shape index (κ3) is 4.88. The van der Waals surface area contributed by atoms with E-state index in [1.165, 1.54) is 5.56 Å². The van der Waals surface area contributed by atoms with Gasteiger partial charge in [-0.1, -0.05) is 30.3 Å². The van der Waals surface area contributed by atoms with Gasteiger partial charge in [0.25, 0.3) is 0 Å². The normalized spacial score (nSPS) is 16.3. The maximum Gasteiger partial charge on any atom is 0.221 e. The molecule has 0 aromatic heterocycles. The summed E-state index contributed by atoms with van der Waals surface area (Å²) in [6.45, 7) is 2.92. The molecule has 1 fully saturated rings. The molecule has 18 heavy (non-hydrogen) atoms. The largest absolute Gasteiger partial charge is 0.353 e. The summed E-state index contributed by atoms with van der Waals surface area (Å²) in [5.41, 5.74) is 1.33. The zero-order valence-corrected chi connectivity index (χ0v) is 11.0. The minimum Gasteiger partial charge on any atom is -0.353 e. The van der Waals surface area contributed by atoms with Crippen molar-refractivity contribution in [1.29, 1.82) is 0 Å². The summed E-state index contributed by atoms with van der Waals surface area (Å²) in [5.74, 6) is 0.178. The molecule has 1 aromatic carbocycles. The van der Waals surface area contributed by atoms with Gasteiger partial charge in [0.2, 0.25) is 5.91 Å². The van der Waals surface area contributed by atoms with E-state index in [-0.39, 0.29) is 5.91 Å². The Morgan fingerprint density at radius 1 is 1.33 bits per heavy atom. The van der Waals surface area contributed by atoms with Crippen molar-refractivity contribution in [2.75, 3.05) is 6.54 Å². The zero-order valence-electron chi connectivity index (χ0n) is 11.0. The average molecular weight is 246 g/mol. The first-order valence-corrected chi connectivity index (χ1v) is 6.80. The van der Waals surface area contributed by atoms with Crippen LogP contribution in [0.1, 0.15) is 31.7 Å². The quantitative estimate of drug-likeness (QED) is 0.771. The Balaban J connectivity index is 1.59. The highest BCUT2D eigenvalue weighted by Gasteiger charge is 2.22. The molecule has 1 aliphatic rings. The van der Waals surface area contributed by atoms with E-state index in [1.807, 2.05) is 6.07 Å². The van der Waals surface area contributed by atoms with Crippen LogP contribution in [0.15, 0.2) is 30.3 Å². The molecule has 2 rings (SSSR count). The lowest BCUT2D eigenvalue weighted by atomic mass is 10.1. The van der Waals surface area contributed by atoms with Crippen molar-refractivity contribution in [3.63, 3.8) is 0 Å². The Labute approximate surface area is 109 Å². The molecule has 0 bridgehead atoms. The number of amides is 1. The molecule has 1 amide bonds. The van der Waals surface area contributed by atoms with Crippen LogP contribution in [0.3, 0.4) is 0 Å². The van der Waals surface area contributed by atoms with E-state index in [9.17, 15) is 4.79 Å². The van der Waals surface area contributed by atoms with Crippen LogP contribution >= 0.6 is 0 Å². The molecule has 1 aliphatic carbocycles. The van der Waals surface area contributed by atoms with Crippen molar-refractivity contribution >= 4 is 5.91 Å². The Bertz CT molecular complexity index is 373. The van der Waals surface area contributed by atoms with Crippen LogP contribution in [0.4, 0.5) is 0 Å². The minimum atomic E-state index is 0.178. The predicted molar refractivity (Wildman–Crippen MR) is 73.4 cm³/mol. The molecule has 1 aromatic rings. The van der Waals surface area contributed by atoms with E-state index in [0.29, 0.717) is 18.5 Å². The number of nitrogens with one attached hydrogen (secondary N) is 2. The van der Waals surface area contributed by atoms with Crippen LogP contribution < -0.4 is 10.6 Å². The van der Waals surface area contributed by atoms with E-state index in [2.05, 4.69) is 41.8 Å². The lowest BCUT2D eigenvalue weighted by Crippen LogP contribution is -2.33. The summed E-state index contributed by atoms with van der Waals surface area (Å²) in [5, 5.41) is 6.39. The second-order valence-electron chi connectivity index (χ2n) is 5.14. The van der Waals surface area contributed by atoms with Gasteiger partial charge in [0.05, 0.1) is 0 Å². The van der Waals surface area contributed by atoms with Gasteiger partial charge in [-0.05, 0) is 31.7 Å². The topological polar surface area (TPSA) is 41.1 Å². The molecule has 98 valence electrons. The van der Waals surface area contributed by atoms with Crippen molar-refractivity contribution in [3.05, 3.63) is 35.9 Å². The van der Waals surface area contributed by atoms with Crippen LogP contribution in [0.2, 0.25) is 0 Å². The monoisotopic (exact) mass is 246 g/mol. The van der Waals surface area contributed by atoms with Gasteiger partial charge in [0, 0.05) is 25.0 Å². The fourth-order valence-corrected chi connectivity index (χ4v) is 2.00. The molecule has 3 nitrogen and oxygen atoms in total. The van der Waals surface area contributed by atoms with Gasteiger partial charge < -0.3 is 10.6 Å². The highest BCUT2D eigenvalue weighted by atomic mass is 16.1. The first-order valence-electron chi connectivity index (χ1n) is 6.80. The minimum absolute atomic E-state index is 0.178. The van der Waals surface area contributed by atoms with E-state index in [0.717, 1.165) is 25.8 Å². The average Bonchev–Trinajstić information content (AvgIpc) is 3.14. The van der Waals surface area contributed by atoms with Gasteiger partial charge in [0.1, 0.15) is 0 Å². The molecule has 1 saturated carbocycles. The highest BCUT2D eigenvalue weighted by molar-refractivity contribution is 5.76. The highest BCUT2D eigenvalue weighted by Crippen LogP contribution is 2.18. The molecule has 0 aliphatic heterocycles. The van der Waals surface area contributed by atoms with E-state index in [4.69, 9.17) is 0 Å². The standard InChI is InChI=1S/C15H22N2O/c1-12(11-13-5-3-2-4-6-13)16-10-9-15(18)17-14-7-8-14/h2-6,12,14,16H,7-11H2,1H3,(H,17,18). The number of rotatable bonds is 7. The summed E-state index contributed by atoms with van der Waals surface area (Å²) in [6, 6.07) is 11.3. The van der Waals surface area contributed by atoms with Crippen LogP contribution in [0.25, 0.3) is 0 Å². The van der Waals surface area contributed by atoms with Crippen molar-refractivity contribution in [2.45, 2.75) is 44.7 Å². The maximum absolute atomic E-state index is 11.5. The molecular weight excluding hydrogens is 224 g/mol. The smallest absolute Gasteiger partial charge is 0.221 e. The lowest BCUT2D eigenvalue weighted by molar-refractivity contribution is -0.121. The van der Waals surface area contributed by atoms with Crippen LogP contribution in [-0.2, 0) is 11.2 Å². The van der Waals surface area contributed by atoms with Crippen LogP contribution in [-0.4, -0.2) is 24.5 Å². The molecule has 0 spiro atoms. The van der Waals surface area contributed by atoms with Crippen molar-refractivity contribution in [3.8, 4) is 0 Å². The van der Waals surface area contributed by atoms with Gasteiger partial charge in [-0.15, -0.1) is 0 Å². The first kappa shape index (κ1) is 13.1. The number of carbonyl (C=O) groups is 1. The molecule has 1 unspecified atom stereocenters. The third-order valence-electron chi connectivity index (χ3n) is 3.17. The van der Waals surface area contributed by atoms with Crippen LogP contribution in [0.5, 0.6) is 0 Å². The lowest BCUT2D eigenvalue weighted by Gasteiger charge is -2.13.